The van der Waals surface area contributed by atoms with Crippen LogP contribution >= 0.6 is 0 Å². The number of hydrogen-bond donors (Lipinski definition) is 1. The van der Waals surface area contributed by atoms with Crippen molar-refractivity contribution >= 4 is 0 Å². The van der Waals surface area contributed by atoms with Crippen LogP contribution in [0.5, 0.6) is 0 Å². The molecule has 0 aromatic carbocycles. The van der Waals surface area contributed by atoms with E-state index in [1.54, 1.807) is 0 Å². The Labute approximate surface area is 71.2 Å². The highest BCUT2D eigenvalue weighted by molar-refractivity contribution is 5.06. The van der Waals surface area contributed by atoms with E-state index in [0.29, 0.717) is 12.5 Å². The topological polar surface area (TPSA) is 50.9 Å². The van der Waals surface area contributed by atoms with Gasteiger partial charge in [-0.2, -0.15) is 0 Å². The minimum absolute atomic E-state index is 0.142. The molecule has 0 amide bonds. The summed E-state index contributed by atoms with van der Waals surface area (Å²) in [5.41, 5.74) is 1.19. The van der Waals surface area contributed by atoms with E-state index in [-0.39, 0.29) is 6.61 Å². The van der Waals surface area contributed by atoms with Gasteiger partial charge in [0.05, 0.1) is 25.0 Å². The van der Waals surface area contributed by atoms with Gasteiger partial charge in [-0.3, -0.25) is 0 Å². The summed E-state index contributed by atoms with van der Waals surface area (Å²) in [5.74, 6) is 0.645. The second-order valence-corrected chi connectivity index (χ2v) is 3.23. The van der Waals surface area contributed by atoms with Crippen LogP contribution in [0.1, 0.15) is 30.9 Å². The van der Waals surface area contributed by atoms with Gasteiger partial charge >= 0.3 is 0 Å². The van der Waals surface area contributed by atoms with Crippen molar-refractivity contribution in [1.82, 2.24) is 15.0 Å². The summed E-state index contributed by atoms with van der Waals surface area (Å²) >= 11 is 0. The van der Waals surface area contributed by atoms with Gasteiger partial charge in [-0.1, -0.05) is 11.6 Å². The summed E-state index contributed by atoms with van der Waals surface area (Å²) in [6, 6.07) is 0. The van der Waals surface area contributed by atoms with Gasteiger partial charge < -0.3 is 5.11 Å². The lowest BCUT2D eigenvalue weighted by atomic mass is 9.83. The van der Waals surface area contributed by atoms with Gasteiger partial charge in [0, 0.05) is 5.92 Å². The van der Waals surface area contributed by atoms with E-state index in [4.69, 9.17) is 5.11 Å². The Morgan fingerprint density at radius 3 is 3.00 bits per heavy atom. The van der Waals surface area contributed by atoms with E-state index in [9.17, 15) is 0 Å². The molecule has 1 fully saturated rings. The first-order valence-electron chi connectivity index (χ1n) is 4.41. The summed E-state index contributed by atoms with van der Waals surface area (Å²) in [6.07, 6.45) is 5.63. The molecule has 2 rings (SSSR count). The third-order valence-corrected chi connectivity index (χ3v) is 2.48. The molecule has 0 atom stereocenters. The molecule has 0 unspecified atom stereocenters. The fourth-order valence-corrected chi connectivity index (χ4v) is 1.55. The van der Waals surface area contributed by atoms with Gasteiger partial charge in [0.1, 0.15) is 0 Å². The van der Waals surface area contributed by atoms with Crippen molar-refractivity contribution in [1.29, 1.82) is 0 Å². The lowest BCUT2D eigenvalue weighted by Crippen LogP contribution is -2.16. The van der Waals surface area contributed by atoms with Crippen molar-refractivity contribution in [3.05, 3.63) is 11.9 Å². The molecule has 0 aliphatic heterocycles. The summed E-state index contributed by atoms with van der Waals surface area (Å²) in [7, 11) is 0. The third-order valence-electron chi connectivity index (χ3n) is 2.48. The molecule has 1 aromatic rings. The van der Waals surface area contributed by atoms with Crippen molar-refractivity contribution in [3.8, 4) is 0 Å². The molecule has 66 valence electrons. The normalized spacial score (nSPS) is 17.8. The standard InChI is InChI=1S/C8H13N3O/c12-5-4-11-8(6-9-10-11)7-2-1-3-7/h6-7,12H,1-5H2. The average molecular weight is 167 g/mol. The monoisotopic (exact) mass is 167 g/mol. The first-order valence-corrected chi connectivity index (χ1v) is 4.41. The molecule has 1 aliphatic carbocycles. The summed E-state index contributed by atoms with van der Waals surface area (Å²) in [5, 5.41) is 16.5. The van der Waals surface area contributed by atoms with Crippen LogP contribution in [0.4, 0.5) is 0 Å². The maximum Gasteiger partial charge on any atom is 0.0728 e. The second-order valence-electron chi connectivity index (χ2n) is 3.23. The predicted octanol–water partition coefficient (Wildman–Crippen LogP) is 0.538. The number of rotatable bonds is 3. The molecule has 1 aliphatic rings. The van der Waals surface area contributed by atoms with Crippen LogP contribution in [-0.4, -0.2) is 26.7 Å². The van der Waals surface area contributed by atoms with Crippen LogP contribution in [-0.2, 0) is 6.54 Å². The first kappa shape index (κ1) is 7.73. The molecular weight excluding hydrogens is 154 g/mol. The van der Waals surface area contributed by atoms with Gasteiger partial charge in [0.2, 0.25) is 0 Å². The summed E-state index contributed by atoms with van der Waals surface area (Å²) < 4.78 is 1.81. The molecule has 1 heterocycles. The van der Waals surface area contributed by atoms with Gasteiger partial charge in [0.15, 0.2) is 0 Å². The Bertz CT molecular complexity index is 255. The zero-order chi connectivity index (χ0) is 8.39. The molecule has 1 aromatic heterocycles. The number of hydrogen-bond acceptors (Lipinski definition) is 3. The third kappa shape index (κ3) is 1.22. The highest BCUT2D eigenvalue weighted by Crippen LogP contribution is 2.35. The number of aliphatic hydroxyl groups is 1. The van der Waals surface area contributed by atoms with E-state index < -0.39 is 0 Å². The Morgan fingerprint density at radius 1 is 1.58 bits per heavy atom. The minimum Gasteiger partial charge on any atom is -0.394 e. The smallest absolute Gasteiger partial charge is 0.0728 e. The molecule has 0 radical (unpaired) electrons. The van der Waals surface area contributed by atoms with E-state index in [1.165, 1.54) is 25.0 Å². The van der Waals surface area contributed by atoms with E-state index in [0.717, 1.165) is 0 Å². The maximum absolute atomic E-state index is 8.75. The van der Waals surface area contributed by atoms with Crippen molar-refractivity contribution in [2.24, 2.45) is 0 Å². The molecule has 4 nitrogen and oxygen atoms in total. The van der Waals surface area contributed by atoms with Gasteiger partial charge in [-0.15, -0.1) is 5.10 Å². The molecule has 1 saturated carbocycles. The number of aliphatic hydroxyl groups excluding tert-OH is 1. The Balaban J connectivity index is 2.12. The molecule has 0 saturated heterocycles. The van der Waals surface area contributed by atoms with Crippen LogP contribution in [0.3, 0.4) is 0 Å². The zero-order valence-electron chi connectivity index (χ0n) is 6.98. The summed E-state index contributed by atoms with van der Waals surface area (Å²) in [6.45, 7) is 0.717. The highest BCUT2D eigenvalue weighted by atomic mass is 16.3. The Kier molecular flexibility index (Phi) is 2.08. The largest absolute Gasteiger partial charge is 0.394 e. The van der Waals surface area contributed by atoms with E-state index in [1.807, 2.05) is 10.9 Å². The van der Waals surface area contributed by atoms with Crippen molar-refractivity contribution < 1.29 is 5.11 Å². The highest BCUT2D eigenvalue weighted by Gasteiger charge is 2.23. The van der Waals surface area contributed by atoms with Gasteiger partial charge in [0.25, 0.3) is 0 Å². The maximum atomic E-state index is 8.75. The first-order chi connectivity index (χ1) is 5.92. The number of aromatic nitrogens is 3. The Hall–Kier alpha value is -0.900. The molecule has 4 heteroatoms. The summed E-state index contributed by atoms with van der Waals surface area (Å²) in [4.78, 5) is 0. The van der Waals surface area contributed by atoms with Gasteiger partial charge in [-0.25, -0.2) is 4.68 Å². The quantitative estimate of drug-likeness (QED) is 0.714. The van der Waals surface area contributed by atoms with Crippen LogP contribution in [0.2, 0.25) is 0 Å². The zero-order valence-corrected chi connectivity index (χ0v) is 6.98. The predicted molar refractivity (Wildman–Crippen MR) is 43.7 cm³/mol. The molecular formula is C8H13N3O. The molecule has 12 heavy (non-hydrogen) atoms. The lowest BCUT2D eigenvalue weighted by molar-refractivity contribution is 0.261. The van der Waals surface area contributed by atoms with Crippen molar-refractivity contribution in [3.63, 3.8) is 0 Å². The van der Waals surface area contributed by atoms with Crippen LogP contribution < -0.4 is 0 Å². The fraction of sp³-hybridized carbons (Fsp3) is 0.750. The molecule has 0 bridgehead atoms. The van der Waals surface area contributed by atoms with Crippen molar-refractivity contribution in [2.75, 3.05) is 6.61 Å². The van der Waals surface area contributed by atoms with Crippen LogP contribution in [0.15, 0.2) is 6.20 Å². The number of nitrogens with zero attached hydrogens (tertiary/aromatic N) is 3. The molecule has 1 N–H and O–H groups in total. The fourth-order valence-electron chi connectivity index (χ4n) is 1.55. The Morgan fingerprint density at radius 2 is 2.42 bits per heavy atom. The SMILES string of the molecule is OCCn1nncc1C1CCC1. The van der Waals surface area contributed by atoms with Crippen molar-refractivity contribution in [2.45, 2.75) is 31.7 Å². The average Bonchev–Trinajstić information content (AvgIpc) is 2.35. The van der Waals surface area contributed by atoms with E-state index in [2.05, 4.69) is 10.3 Å². The second kappa shape index (κ2) is 3.23. The van der Waals surface area contributed by atoms with Crippen LogP contribution in [0.25, 0.3) is 0 Å². The van der Waals surface area contributed by atoms with E-state index >= 15 is 0 Å². The lowest BCUT2D eigenvalue weighted by Gasteiger charge is -2.25. The van der Waals surface area contributed by atoms with Crippen LogP contribution in [0, 0.1) is 0 Å². The van der Waals surface area contributed by atoms with Gasteiger partial charge in [-0.05, 0) is 12.8 Å². The molecule has 0 spiro atoms. The minimum atomic E-state index is 0.142.